The molecule has 16 nitrogen and oxygen atoms in total. The SMILES string of the molecule is CC(C)c1nc(N(C)S(C)=O)nc(-c2ccc(F)cc2)c1/C=C/[C@@H](O)C[C@@H](O)CC(=O)[O-].CC(C)c1nc(N(C)S(C)=O)nc(-c2ccc(F)cc2)c1/C=C/[C@@H](O)C[C@@H](O)CC(=O)[O-].[Ca+2]. The number of rotatable bonds is 20. The number of aromatic nitrogens is 4. The molecule has 0 saturated carbocycles. The van der Waals surface area contributed by atoms with E-state index in [1.165, 1.54) is 57.5 Å². The molecule has 0 saturated heterocycles. The molecule has 2 aromatic heterocycles. The second kappa shape index (κ2) is 26.9. The monoisotopic (exact) mass is 968 g/mol. The van der Waals surface area contributed by atoms with E-state index in [2.05, 4.69) is 19.9 Å². The molecule has 65 heavy (non-hydrogen) atoms. The van der Waals surface area contributed by atoms with Crippen molar-refractivity contribution in [3.05, 3.63) is 94.8 Å². The number of benzene rings is 2. The number of anilines is 2. The Bertz CT molecular complexity index is 2160. The molecule has 4 aromatic rings. The zero-order chi connectivity index (χ0) is 48.0. The van der Waals surface area contributed by atoms with Gasteiger partial charge in [-0.3, -0.25) is 8.61 Å². The van der Waals surface area contributed by atoms with Crippen molar-refractivity contribution < 1.29 is 57.4 Å². The minimum atomic E-state index is -1.41. The molecule has 348 valence electrons. The van der Waals surface area contributed by atoms with Gasteiger partial charge in [0.15, 0.2) is 0 Å². The van der Waals surface area contributed by atoms with Crippen LogP contribution in [0.25, 0.3) is 34.7 Å². The molecule has 0 bridgehead atoms. The molecule has 4 N–H and O–H groups in total. The summed E-state index contributed by atoms with van der Waals surface area (Å²) in [4.78, 5) is 39.4. The van der Waals surface area contributed by atoms with Crippen LogP contribution >= 0.6 is 0 Å². The Labute approximate surface area is 412 Å². The van der Waals surface area contributed by atoms with Crippen molar-refractivity contribution in [2.75, 3.05) is 35.2 Å². The van der Waals surface area contributed by atoms with Gasteiger partial charge < -0.3 is 40.2 Å². The van der Waals surface area contributed by atoms with Crippen LogP contribution in [0.2, 0.25) is 0 Å². The number of hydrogen-bond acceptors (Lipinski definition) is 14. The Hall–Kier alpha value is -4.12. The van der Waals surface area contributed by atoms with E-state index < -0.39 is 82.8 Å². The van der Waals surface area contributed by atoms with Gasteiger partial charge in [0.1, 0.15) is 33.6 Å². The quantitative estimate of drug-likeness (QED) is 0.0929. The molecule has 0 aliphatic rings. The second-order valence-electron chi connectivity index (χ2n) is 15.3. The van der Waals surface area contributed by atoms with Gasteiger partial charge >= 0.3 is 37.7 Å². The third-order valence-electron chi connectivity index (χ3n) is 9.39. The smallest absolute Gasteiger partial charge is 0.550 e. The predicted octanol–water partition coefficient (Wildman–Crippen LogP) is 2.42. The van der Waals surface area contributed by atoms with Crippen LogP contribution in [0.5, 0.6) is 0 Å². The Kier molecular flexibility index (Phi) is 23.6. The van der Waals surface area contributed by atoms with Crippen LogP contribution in [0.4, 0.5) is 20.7 Å². The van der Waals surface area contributed by atoms with Crippen molar-refractivity contribution in [2.45, 2.75) is 89.6 Å². The van der Waals surface area contributed by atoms with E-state index in [0.717, 1.165) is 0 Å². The van der Waals surface area contributed by atoms with E-state index in [1.54, 1.807) is 50.5 Å². The van der Waals surface area contributed by atoms with Crippen molar-refractivity contribution >= 4 is 95.7 Å². The minimum absolute atomic E-state index is 0. The van der Waals surface area contributed by atoms with E-state index in [-0.39, 0.29) is 74.3 Å². The van der Waals surface area contributed by atoms with Gasteiger partial charge in [0, 0.05) is 86.5 Å². The van der Waals surface area contributed by atoms with Crippen molar-refractivity contribution in [1.29, 1.82) is 0 Å². The second-order valence-corrected chi connectivity index (χ2v) is 18.1. The molecule has 6 atom stereocenters. The molecule has 2 aromatic carbocycles. The molecule has 0 spiro atoms. The number of nitrogens with zero attached hydrogens (tertiary/aromatic N) is 6. The number of aliphatic hydroxyl groups excluding tert-OH is 4. The molecule has 4 rings (SSSR count). The maximum Gasteiger partial charge on any atom is 2.00 e. The zero-order valence-corrected chi connectivity index (χ0v) is 41.3. The largest absolute Gasteiger partial charge is 2.00 e. The summed E-state index contributed by atoms with van der Waals surface area (Å²) >= 11 is 0. The normalized spacial score (nSPS) is 14.3. The summed E-state index contributed by atoms with van der Waals surface area (Å²) in [6, 6.07) is 11.4. The average Bonchev–Trinajstić information content (AvgIpc) is 3.21. The van der Waals surface area contributed by atoms with Crippen LogP contribution in [0.15, 0.2) is 60.7 Å². The summed E-state index contributed by atoms with van der Waals surface area (Å²) in [6.45, 7) is 7.67. The number of halogens is 2. The third kappa shape index (κ3) is 17.9. The fourth-order valence-corrected chi connectivity index (χ4v) is 6.63. The first kappa shape index (κ1) is 57.0. The first-order valence-corrected chi connectivity index (χ1v) is 23.0. The Morgan fingerprint density at radius 3 is 1.20 bits per heavy atom. The number of hydrogen-bond donors (Lipinski definition) is 4. The van der Waals surface area contributed by atoms with Gasteiger partial charge in [0.25, 0.3) is 0 Å². The molecule has 0 fully saturated rings. The molecule has 0 aliphatic heterocycles. The average molecular weight is 969 g/mol. The summed E-state index contributed by atoms with van der Waals surface area (Å²) in [5.74, 6) is -3.31. The van der Waals surface area contributed by atoms with Crippen LogP contribution in [0.3, 0.4) is 0 Å². The van der Waals surface area contributed by atoms with Gasteiger partial charge in [0.05, 0.1) is 47.2 Å². The summed E-state index contributed by atoms with van der Waals surface area (Å²) in [6.07, 6.45) is 2.70. The summed E-state index contributed by atoms with van der Waals surface area (Å²) in [5, 5.41) is 61.2. The maximum atomic E-state index is 13.5. The third-order valence-corrected chi connectivity index (χ3v) is 11.3. The standard InChI is InChI=1S/2C22H28FN3O5S.Ca/c2*1-13(2)20-18(10-9-16(27)11-17(28)12-19(29)30)21(14-5-7-15(23)8-6-14)25-22(24-20)26(3)32(4)31;/h2*5-10,13,16-17,27-28H,11-12H2,1-4H3,(H,29,30);/q;;+2/p-2/b2*10-9+;/t2*16-,17-,32?;/m11./s1. The van der Waals surface area contributed by atoms with Crippen molar-refractivity contribution in [3.8, 4) is 22.5 Å². The molecule has 0 radical (unpaired) electrons. The number of carboxylic acids is 2. The van der Waals surface area contributed by atoms with E-state index in [4.69, 9.17) is 0 Å². The molecule has 2 heterocycles. The summed E-state index contributed by atoms with van der Waals surface area (Å²) in [7, 11) is 0.456. The van der Waals surface area contributed by atoms with Crippen LogP contribution in [-0.2, 0) is 31.6 Å². The topological polar surface area (TPSA) is 253 Å². The van der Waals surface area contributed by atoms with Gasteiger partial charge in [-0.1, -0.05) is 52.0 Å². The van der Waals surface area contributed by atoms with Gasteiger partial charge in [-0.05, 0) is 60.4 Å². The minimum Gasteiger partial charge on any atom is -0.550 e. The van der Waals surface area contributed by atoms with Crippen LogP contribution in [0, 0.1) is 11.6 Å². The maximum absolute atomic E-state index is 13.5. The number of aliphatic carboxylic acids is 2. The first-order chi connectivity index (χ1) is 30.0. The van der Waals surface area contributed by atoms with Crippen molar-refractivity contribution in [1.82, 2.24) is 19.9 Å². The number of carbonyl (C=O) groups is 2. The van der Waals surface area contributed by atoms with Gasteiger partial charge in [-0.15, -0.1) is 0 Å². The van der Waals surface area contributed by atoms with Crippen LogP contribution in [0.1, 0.15) is 87.7 Å². The van der Waals surface area contributed by atoms with Gasteiger partial charge in [0.2, 0.25) is 11.9 Å². The number of carbonyl (C=O) groups excluding carboxylic acids is 2. The van der Waals surface area contributed by atoms with E-state index >= 15 is 0 Å². The van der Waals surface area contributed by atoms with Crippen LogP contribution < -0.4 is 18.8 Å². The number of aliphatic hydroxyl groups is 4. The summed E-state index contributed by atoms with van der Waals surface area (Å²) < 4.78 is 53.8. The Morgan fingerprint density at radius 2 is 0.938 bits per heavy atom. The van der Waals surface area contributed by atoms with Crippen LogP contribution in [-0.4, -0.2) is 149 Å². The molecular formula is C44H54CaF2N6O10S2. The summed E-state index contributed by atoms with van der Waals surface area (Å²) in [5.41, 5.74) is 4.47. The van der Waals surface area contributed by atoms with Crippen molar-refractivity contribution in [2.24, 2.45) is 0 Å². The number of carboxylic acid groups (broad SMARTS) is 2. The zero-order valence-electron chi connectivity index (χ0n) is 37.4. The molecule has 0 amide bonds. The molecule has 21 heteroatoms. The van der Waals surface area contributed by atoms with Gasteiger partial charge in [-0.2, -0.15) is 0 Å². The van der Waals surface area contributed by atoms with E-state index in [1.807, 2.05) is 27.7 Å². The fourth-order valence-electron chi connectivity index (χ4n) is 6.01. The fraction of sp³-hybridized carbons (Fsp3) is 0.409. The van der Waals surface area contributed by atoms with Gasteiger partial charge in [-0.25, -0.2) is 37.1 Å². The van der Waals surface area contributed by atoms with E-state index in [0.29, 0.717) is 45.0 Å². The van der Waals surface area contributed by atoms with Crippen molar-refractivity contribution in [3.63, 3.8) is 0 Å². The predicted molar refractivity (Wildman–Crippen MR) is 244 cm³/mol. The molecular weight excluding hydrogens is 915 g/mol. The molecule has 0 aliphatic carbocycles. The Morgan fingerprint density at radius 1 is 0.631 bits per heavy atom. The Balaban J connectivity index is 0.000000440. The first-order valence-electron chi connectivity index (χ1n) is 20.0. The molecule has 2 unspecified atom stereocenters. The van der Waals surface area contributed by atoms with E-state index in [9.17, 15) is 57.4 Å².